The van der Waals surface area contributed by atoms with E-state index in [1.807, 2.05) is 29.5 Å². The third kappa shape index (κ3) is 3.14. The van der Waals surface area contributed by atoms with Gasteiger partial charge in [0.25, 0.3) is 0 Å². The number of fused-ring (bicyclic) bond motifs is 12. The van der Waals surface area contributed by atoms with Crippen molar-refractivity contribution in [3.8, 4) is 17.2 Å². The lowest BCUT2D eigenvalue weighted by Gasteiger charge is -2.12. The van der Waals surface area contributed by atoms with Gasteiger partial charge in [0.1, 0.15) is 11.1 Å². The molecule has 5 heteroatoms. The van der Waals surface area contributed by atoms with Gasteiger partial charge in [-0.2, -0.15) is 0 Å². The molecule has 0 radical (unpaired) electrons. The summed E-state index contributed by atoms with van der Waals surface area (Å²) in [5.41, 5.74) is 6.67. The number of thiophene rings is 1. The summed E-state index contributed by atoms with van der Waals surface area (Å²) in [5.74, 6) is 0.631. The fourth-order valence-corrected chi connectivity index (χ4v) is 7.98. The zero-order valence-electron chi connectivity index (χ0n) is 22.8. The van der Waals surface area contributed by atoms with Crippen molar-refractivity contribution < 1.29 is 4.42 Å². The lowest BCUT2D eigenvalue weighted by atomic mass is 10.0. The predicted molar refractivity (Wildman–Crippen MR) is 179 cm³/mol. The van der Waals surface area contributed by atoms with Gasteiger partial charge in [-0.25, -0.2) is 9.97 Å². The van der Waals surface area contributed by atoms with Crippen LogP contribution in [0, 0.1) is 0 Å². The Morgan fingerprint density at radius 3 is 2.19 bits per heavy atom. The maximum Gasteiger partial charge on any atom is 0.235 e. The second-order valence-corrected chi connectivity index (χ2v) is 12.0. The largest absolute Gasteiger partial charge is 0.454 e. The molecule has 0 unspecified atom stereocenters. The van der Waals surface area contributed by atoms with Crippen molar-refractivity contribution in [3.63, 3.8) is 0 Å². The second-order valence-electron chi connectivity index (χ2n) is 11.0. The van der Waals surface area contributed by atoms with Gasteiger partial charge in [-0.15, -0.1) is 11.3 Å². The molecule has 4 nitrogen and oxygen atoms in total. The van der Waals surface area contributed by atoms with Gasteiger partial charge in [0.15, 0.2) is 5.58 Å². The van der Waals surface area contributed by atoms with Crippen LogP contribution in [0.4, 0.5) is 0 Å². The Balaban J connectivity index is 1.39. The van der Waals surface area contributed by atoms with Crippen LogP contribution in [0.25, 0.3) is 92.0 Å². The predicted octanol–water partition coefficient (Wildman–Crippen LogP) is 10.7. The molecule has 0 amide bonds. The minimum atomic E-state index is 0.631. The molecule has 0 atom stereocenters. The summed E-state index contributed by atoms with van der Waals surface area (Å²) in [6, 6.07) is 44.6. The first-order valence-electron chi connectivity index (χ1n) is 14.3. The summed E-state index contributed by atoms with van der Waals surface area (Å²) in [4.78, 5) is 10.7. The minimum Gasteiger partial charge on any atom is -0.454 e. The normalized spacial score (nSPS) is 12.2. The highest BCUT2D eigenvalue weighted by atomic mass is 32.1. The van der Waals surface area contributed by atoms with Crippen LogP contribution in [0.3, 0.4) is 0 Å². The van der Waals surface area contributed by atoms with Crippen LogP contribution in [0.2, 0.25) is 0 Å². The lowest BCUT2D eigenvalue weighted by Crippen LogP contribution is -2.03. The van der Waals surface area contributed by atoms with Gasteiger partial charge in [0.2, 0.25) is 5.95 Å². The molecule has 0 N–H and O–H groups in total. The van der Waals surface area contributed by atoms with Crippen LogP contribution in [-0.4, -0.2) is 14.5 Å². The van der Waals surface area contributed by atoms with Crippen molar-refractivity contribution in [1.29, 1.82) is 0 Å². The number of rotatable bonds is 2. The maximum atomic E-state index is 6.58. The van der Waals surface area contributed by atoms with Gasteiger partial charge < -0.3 is 4.42 Å². The van der Waals surface area contributed by atoms with E-state index in [4.69, 9.17) is 14.4 Å². The van der Waals surface area contributed by atoms with Gasteiger partial charge in [-0.1, -0.05) is 97.1 Å². The Morgan fingerprint density at radius 1 is 0.558 bits per heavy atom. The summed E-state index contributed by atoms with van der Waals surface area (Å²) in [5, 5.41) is 8.04. The van der Waals surface area contributed by atoms with E-state index < -0.39 is 0 Å². The molecule has 0 spiro atoms. The van der Waals surface area contributed by atoms with Crippen LogP contribution >= 0.6 is 11.3 Å². The molecule has 10 rings (SSSR count). The van der Waals surface area contributed by atoms with Crippen LogP contribution in [-0.2, 0) is 0 Å². The minimum absolute atomic E-state index is 0.631. The fraction of sp³-hybridized carbons (Fsp3) is 0. The lowest BCUT2D eigenvalue weighted by molar-refractivity contribution is 0.671. The molecule has 0 saturated heterocycles. The van der Waals surface area contributed by atoms with Crippen molar-refractivity contribution in [1.82, 2.24) is 14.5 Å². The average molecular weight is 568 g/mol. The highest BCUT2D eigenvalue weighted by molar-refractivity contribution is 7.26. The van der Waals surface area contributed by atoms with Crippen molar-refractivity contribution >= 4 is 86.2 Å². The number of para-hydroxylation sites is 2. The van der Waals surface area contributed by atoms with E-state index in [-0.39, 0.29) is 0 Å². The molecule has 0 aliphatic heterocycles. The molecule has 0 aliphatic rings. The van der Waals surface area contributed by atoms with E-state index in [1.54, 1.807) is 0 Å². The molecule has 0 fully saturated rings. The monoisotopic (exact) mass is 567 g/mol. The van der Waals surface area contributed by atoms with Crippen LogP contribution in [0.5, 0.6) is 0 Å². The molecule has 0 aliphatic carbocycles. The smallest absolute Gasteiger partial charge is 0.235 e. The van der Waals surface area contributed by atoms with Crippen LogP contribution in [0.15, 0.2) is 132 Å². The highest BCUT2D eigenvalue weighted by Gasteiger charge is 2.22. The van der Waals surface area contributed by atoms with Gasteiger partial charge >= 0.3 is 0 Å². The Morgan fingerprint density at radius 2 is 1.28 bits per heavy atom. The zero-order valence-corrected chi connectivity index (χ0v) is 23.6. The Labute approximate surface area is 249 Å². The molecular weight excluding hydrogens is 547 g/mol. The molecule has 4 aromatic heterocycles. The molecule has 4 heterocycles. The molecule has 10 aromatic rings. The number of nitrogens with zero attached hydrogens (tertiary/aromatic N) is 3. The SMILES string of the molecule is c1ccc(-c2nc(-n3c4ccccc4c4ccc5c6ccccc6oc5c43)nc3ccc4c5ccccc5sc4c23)cc1. The third-order valence-electron chi connectivity index (χ3n) is 8.62. The van der Waals surface area contributed by atoms with Crippen molar-refractivity contribution in [2.75, 3.05) is 0 Å². The van der Waals surface area contributed by atoms with Crippen LogP contribution in [0.1, 0.15) is 0 Å². The van der Waals surface area contributed by atoms with Crippen molar-refractivity contribution in [3.05, 3.63) is 127 Å². The van der Waals surface area contributed by atoms with Gasteiger partial charge in [-0.05, 0) is 30.3 Å². The first-order valence-corrected chi connectivity index (χ1v) is 15.2. The second kappa shape index (κ2) is 8.51. The molecule has 6 aromatic carbocycles. The molecule has 0 saturated carbocycles. The fourth-order valence-electron chi connectivity index (χ4n) is 6.73. The topological polar surface area (TPSA) is 43.9 Å². The van der Waals surface area contributed by atoms with Gasteiger partial charge in [0, 0.05) is 52.7 Å². The van der Waals surface area contributed by atoms with Crippen molar-refractivity contribution in [2.45, 2.75) is 0 Å². The van der Waals surface area contributed by atoms with E-state index in [0.29, 0.717) is 5.95 Å². The van der Waals surface area contributed by atoms with Gasteiger partial charge in [-0.3, -0.25) is 4.57 Å². The van der Waals surface area contributed by atoms with Crippen molar-refractivity contribution in [2.24, 2.45) is 0 Å². The Bertz CT molecular complexity index is 2730. The maximum absolute atomic E-state index is 6.58. The summed E-state index contributed by atoms with van der Waals surface area (Å²) in [6.45, 7) is 0. The number of aromatic nitrogens is 3. The summed E-state index contributed by atoms with van der Waals surface area (Å²) in [7, 11) is 0. The Hall–Kier alpha value is -5.52. The first kappa shape index (κ1) is 23.1. The number of benzene rings is 6. The van der Waals surface area contributed by atoms with E-state index >= 15 is 0 Å². The molecule has 200 valence electrons. The average Bonchev–Trinajstić information content (AvgIpc) is 3.74. The molecule has 0 bridgehead atoms. The van der Waals surface area contributed by atoms with E-state index in [9.17, 15) is 0 Å². The third-order valence-corrected chi connectivity index (χ3v) is 9.82. The molecular formula is C38H21N3OS. The number of hydrogen-bond acceptors (Lipinski definition) is 4. The molecule has 43 heavy (non-hydrogen) atoms. The quantitative estimate of drug-likeness (QED) is 0.209. The summed E-state index contributed by atoms with van der Waals surface area (Å²) < 4.78 is 11.2. The Kier molecular flexibility index (Phi) is 4.57. The number of hydrogen-bond donors (Lipinski definition) is 0. The highest BCUT2D eigenvalue weighted by Crippen LogP contribution is 2.43. The number of furan rings is 1. The van der Waals surface area contributed by atoms with Gasteiger partial charge in [0.05, 0.1) is 16.7 Å². The first-order chi connectivity index (χ1) is 21.3. The zero-order chi connectivity index (χ0) is 28.1. The van der Waals surface area contributed by atoms with E-state index in [1.165, 1.54) is 20.2 Å². The summed E-state index contributed by atoms with van der Waals surface area (Å²) in [6.07, 6.45) is 0. The van der Waals surface area contributed by atoms with E-state index in [2.05, 4.69) is 114 Å². The van der Waals surface area contributed by atoms with E-state index in [0.717, 1.165) is 65.9 Å². The standard InChI is InChI=1S/C38H21N3OS/c1-2-10-22(11-3-1)34-33-29(21-20-28-25-14-6-9-17-32(25)43-37(28)33)39-38(40-34)41-30-15-7-4-12-23(30)26-18-19-27-24-13-5-8-16-31(24)42-36(27)35(26)41/h1-21H. The van der Waals surface area contributed by atoms with Crippen LogP contribution < -0.4 is 0 Å². The summed E-state index contributed by atoms with van der Waals surface area (Å²) >= 11 is 1.81.